The van der Waals surface area contributed by atoms with E-state index in [1.165, 1.54) is 12.5 Å². The molecule has 1 fully saturated rings. The minimum Gasteiger partial charge on any atom is -0.368 e. The Kier molecular flexibility index (Phi) is 5.96. The summed E-state index contributed by atoms with van der Waals surface area (Å²) in [7, 11) is 0. The lowest BCUT2D eigenvalue weighted by molar-refractivity contribution is -0.114. The fourth-order valence-electron chi connectivity index (χ4n) is 3.15. The van der Waals surface area contributed by atoms with E-state index in [9.17, 15) is 9.59 Å². The van der Waals surface area contributed by atoms with E-state index in [0.717, 1.165) is 30.0 Å². The first-order valence-corrected chi connectivity index (χ1v) is 9.22. The largest absolute Gasteiger partial charge is 0.368 e. The van der Waals surface area contributed by atoms with Crippen LogP contribution in [0.4, 0.5) is 16.2 Å². The molecule has 0 bridgehead atoms. The van der Waals surface area contributed by atoms with E-state index < -0.39 is 0 Å². The molecule has 27 heavy (non-hydrogen) atoms. The van der Waals surface area contributed by atoms with Crippen molar-refractivity contribution in [2.24, 2.45) is 0 Å². The molecule has 0 aliphatic carbocycles. The maximum Gasteiger partial charge on any atom is 0.317 e. The quantitative estimate of drug-likeness (QED) is 0.874. The normalized spacial score (nSPS) is 14.0. The van der Waals surface area contributed by atoms with Crippen LogP contribution in [0, 0.1) is 6.92 Å². The van der Waals surface area contributed by atoms with Crippen molar-refractivity contribution < 1.29 is 9.59 Å². The Morgan fingerprint density at radius 2 is 1.70 bits per heavy atom. The summed E-state index contributed by atoms with van der Waals surface area (Å²) in [6.45, 7) is 6.96. The van der Waals surface area contributed by atoms with Gasteiger partial charge in [-0.2, -0.15) is 0 Å². The van der Waals surface area contributed by atoms with Crippen LogP contribution in [0.3, 0.4) is 0 Å². The summed E-state index contributed by atoms with van der Waals surface area (Å²) in [5.74, 6) is -0.0813. The van der Waals surface area contributed by atoms with Crippen LogP contribution in [0.5, 0.6) is 0 Å². The van der Waals surface area contributed by atoms with Crippen molar-refractivity contribution in [2.45, 2.75) is 20.4 Å². The molecule has 6 nitrogen and oxygen atoms in total. The summed E-state index contributed by atoms with van der Waals surface area (Å²) in [5.41, 5.74) is 4.16. The maximum absolute atomic E-state index is 12.4. The predicted octanol–water partition coefficient (Wildman–Crippen LogP) is 2.99. The average Bonchev–Trinajstić information content (AvgIpc) is 2.67. The van der Waals surface area contributed by atoms with Crippen LogP contribution in [0.2, 0.25) is 0 Å². The smallest absolute Gasteiger partial charge is 0.317 e. The Labute approximate surface area is 160 Å². The number of nitrogens with one attached hydrogen (secondary N) is 2. The lowest BCUT2D eigenvalue weighted by Gasteiger charge is -2.36. The number of hydrogen-bond acceptors (Lipinski definition) is 3. The van der Waals surface area contributed by atoms with E-state index in [0.29, 0.717) is 19.6 Å². The summed E-state index contributed by atoms with van der Waals surface area (Å²) in [5, 5.41) is 5.80. The van der Waals surface area contributed by atoms with E-state index in [-0.39, 0.29) is 11.9 Å². The second-order valence-corrected chi connectivity index (χ2v) is 6.85. The standard InChI is InChI=1S/C21H26N4O2/c1-16-6-8-18(9-7-16)15-22-21(27)25-12-10-24(11-13-25)20-5-3-4-19(14-20)23-17(2)26/h3-9,14H,10-13,15H2,1-2H3,(H,22,27)(H,23,26). The van der Waals surface area contributed by atoms with Crippen LogP contribution in [-0.4, -0.2) is 43.0 Å². The Bertz CT molecular complexity index is 796. The zero-order valence-electron chi connectivity index (χ0n) is 15.9. The summed E-state index contributed by atoms with van der Waals surface area (Å²) in [6, 6.07) is 16.0. The molecule has 0 radical (unpaired) electrons. The first kappa shape index (κ1) is 18.8. The SMILES string of the molecule is CC(=O)Nc1cccc(N2CCN(C(=O)NCc3ccc(C)cc3)CC2)c1. The van der Waals surface area contributed by atoms with Gasteiger partial charge >= 0.3 is 6.03 Å². The first-order valence-electron chi connectivity index (χ1n) is 9.22. The average molecular weight is 366 g/mol. The molecule has 2 aromatic carbocycles. The van der Waals surface area contributed by atoms with Crippen molar-refractivity contribution in [1.82, 2.24) is 10.2 Å². The van der Waals surface area contributed by atoms with Crippen LogP contribution in [0.15, 0.2) is 48.5 Å². The van der Waals surface area contributed by atoms with Gasteiger partial charge in [0.2, 0.25) is 5.91 Å². The van der Waals surface area contributed by atoms with Gasteiger partial charge < -0.3 is 20.4 Å². The summed E-state index contributed by atoms with van der Waals surface area (Å²) < 4.78 is 0. The molecular weight excluding hydrogens is 340 g/mol. The zero-order valence-corrected chi connectivity index (χ0v) is 15.9. The van der Waals surface area contributed by atoms with Crippen molar-refractivity contribution in [1.29, 1.82) is 0 Å². The maximum atomic E-state index is 12.4. The molecule has 1 aliphatic heterocycles. The van der Waals surface area contributed by atoms with Crippen molar-refractivity contribution in [3.8, 4) is 0 Å². The number of urea groups is 1. The van der Waals surface area contributed by atoms with Crippen molar-refractivity contribution in [2.75, 3.05) is 36.4 Å². The van der Waals surface area contributed by atoms with Gasteiger partial charge in [-0.3, -0.25) is 4.79 Å². The molecule has 6 heteroatoms. The molecule has 1 aliphatic rings. The molecule has 2 N–H and O–H groups in total. The minimum atomic E-state index is -0.0813. The van der Waals surface area contributed by atoms with E-state index in [1.54, 1.807) is 0 Å². The predicted molar refractivity (Wildman–Crippen MR) is 108 cm³/mol. The molecule has 1 heterocycles. The summed E-state index contributed by atoms with van der Waals surface area (Å²) in [6.07, 6.45) is 0. The van der Waals surface area contributed by atoms with Gasteiger partial charge in [0.15, 0.2) is 0 Å². The molecule has 0 unspecified atom stereocenters. The fourth-order valence-corrected chi connectivity index (χ4v) is 3.15. The highest BCUT2D eigenvalue weighted by Gasteiger charge is 2.21. The first-order chi connectivity index (χ1) is 13.0. The number of benzene rings is 2. The van der Waals surface area contributed by atoms with Gasteiger partial charge in [-0.05, 0) is 30.7 Å². The number of rotatable bonds is 4. The molecule has 2 aromatic rings. The highest BCUT2D eigenvalue weighted by molar-refractivity contribution is 5.89. The Hall–Kier alpha value is -3.02. The second-order valence-electron chi connectivity index (χ2n) is 6.85. The Morgan fingerprint density at radius 3 is 2.37 bits per heavy atom. The number of hydrogen-bond donors (Lipinski definition) is 2. The molecular formula is C21H26N4O2. The molecule has 0 aromatic heterocycles. The van der Waals surface area contributed by atoms with Crippen LogP contribution < -0.4 is 15.5 Å². The van der Waals surface area contributed by atoms with Gasteiger partial charge in [0.25, 0.3) is 0 Å². The number of nitrogens with zero attached hydrogens (tertiary/aromatic N) is 2. The number of amides is 3. The summed E-state index contributed by atoms with van der Waals surface area (Å²) in [4.78, 5) is 27.7. The van der Waals surface area contributed by atoms with Gasteiger partial charge in [-0.25, -0.2) is 4.79 Å². The highest BCUT2D eigenvalue weighted by atomic mass is 16.2. The van der Waals surface area contributed by atoms with Gasteiger partial charge in [0.05, 0.1) is 0 Å². The topological polar surface area (TPSA) is 64.7 Å². The molecule has 142 valence electrons. The Morgan fingerprint density at radius 1 is 1.00 bits per heavy atom. The summed E-state index contributed by atoms with van der Waals surface area (Å²) >= 11 is 0. The van der Waals surface area contributed by atoms with Crippen molar-refractivity contribution in [3.63, 3.8) is 0 Å². The van der Waals surface area contributed by atoms with Crippen molar-refractivity contribution >= 4 is 23.3 Å². The number of aryl methyl sites for hydroxylation is 1. The van der Waals surface area contributed by atoms with Gasteiger partial charge in [0, 0.05) is 51.0 Å². The van der Waals surface area contributed by atoms with E-state index >= 15 is 0 Å². The third-order valence-electron chi connectivity index (χ3n) is 4.66. The fraction of sp³-hybridized carbons (Fsp3) is 0.333. The van der Waals surface area contributed by atoms with Gasteiger partial charge in [-0.1, -0.05) is 35.9 Å². The molecule has 3 amide bonds. The molecule has 0 saturated carbocycles. The van der Waals surface area contributed by atoms with Crippen LogP contribution >= 0.6 is 0 Å². The monoisotopic (exact) mass is 366 g/mol. The highest BCUT2D eigenvalue weighted by Crippen LogP contribution is 2.21. The van der Waals surface area contributed by atoms with E-state index in [1.807, 2.05) is 48.2 Å². The third kappa shape index (κ3) is 5.23. The molecule has 1 saturated heterocycles. The van der Waals surface area contributed by atoms with E-state index in [4.69, 9.17) is 0 Å². The third-order valence-corrected chi connectivity index (χ3v) is 4.66. The van der Waals surface area contributed by atoms with Gasteiger partial charge in [-0.15, -0.1) is 0 Å². The van der Waals surface area contributed by atoms with Crippen molar-refractivity contribution in [3.05, 3.63) is 59.7 Å². The minimum absolute atomic E-state index is 0.0257. The van der Waals surface area contributed by atoms with Gasteiger partial charge in [0.1, 0.15) is 0 Å². The Balaban J connectivity index is 1.50. The van der Waals surface area contributed by atoms with Crippen LogP contribution in [-0.2, 0) is 11.3 Å². The number of piperazine rings is 1. The second kappa shape index (κ2) is 8.58. The number of carbonyl (C=O) groups excluding carboxylic acids is 2. The van der Waals surface area contributed by atoms with Crippen LogP contribution in [0.1, 0.15) is 18.1 Å². The zero-order chi connectivity index (χ0) is 19.2. The molecule has 3 rings (SSSR count). The number of carbonyl (C=O) groups is 2. The lowest BCUT2D eigenvalue weighted by Crippen LogP contribution is -2.51. The van der Waals surface area contributed by atoms with E-state index in [2.05, 4.69) is 27.7 Å². The molecule has 0 spiro atoms. The molecule has 0 atom stereocenters. The van der Waals surface area contributed by atoms with Crippen LogP contribution in [0.25, 0.3) is 0 Å². The number of anilines is 2. The lowest BCUT2D eigenvalue weighted by atomic mass is 10.1.